The third-order valence-electron chi connectivity index (χ3n) is 11.1. The average Bonchev–Trinajstić information content (AvgIpc) is 3.03. The Kier molecular flexibility index (Phi) is 22.5. The first kappa shape index (κ1) is 47.4. The molecule has 2 fully saturated rings. The van der Waals surface area contributed by atoms with E-state index < -0.39 is 0 Å². The molecule has 0 amide bonds. The van der Waals surface area contributed by atoms with Crippen molar-refractivity contribution in [3.8, 4) is 0 Å². The molecule has 2 heterocycles. The zero-order chi connectivity index (χ0) is 38.5. The molecule has 0 aromatic rings. The van der Waals surface area contributed by atoms with Crippen LogP contribution in [0.5, 0.6) is 0 Å². The summed E-state index contributed by atoms with van der Waals surface area (Å²) in [4.78, 5) is 25.5. The first-order chi connectivity index (χ1) is 24.6. The highest BCUT2D eigenvalue weighted by molar-refractivity contribution is 5.69. The van der Waals surface area contributed by atoms with Crippen LogP contribution in [-0.4, -0.2) is 77.1 Å². The summed E-state index contributed by atoms with van der Waals surface area (Å²) in [6, 6.07) is 0. The fourth-order valence-electron chi connectivity index (χ4n) is 8.95. The molecule has 52 heavy (non-hydrogen) atoms. The molecule has 0 atom stereocenters. The van der Waals surface area contributed by atoms with E-state index in [0.29, 0.717) is 13.2 Å². The Labute approximate surface area is 322 Å². The SMILES string of the molecule is CCCCCCCCON1C(C)(C)CC(OCOCCCCCCCCC(=O)OC2CC(C)(C)N(OCCCCCCCC)C(C)(C)C2)CC1(C)C. The van der Waals surface area contributed by atoms with Gasteiger partial charge in [-0.25, -0.2) is 0 Å². The van der Waals surface area contributed by atoms with Gasteiger partial charge in [0.05, 0.1) is 19.3 Å². The molecule has 0 aromatic heterocycles. The van der Waals surface area contributed by atoms with Crippen molar-refractivity contribution >= 4 is 5.97 Å². The van der Waals surface area contributed by atoms with Crippen molar-refractivity contribution < 1.29 is 28.7 Å². The number of hydrogen-bond acceptors (Lipinski definition) is 8. The summed E-state index contributed by atoms with van der Waals surface area (Å²) >= 11 is 0. The molecule has 8 heteroatoms. The van der Waals surface area contributed by atoms with Gasteiger partial charge in [0.15, 0.2) is 0 Å². The molecule has 0 N–H and O–H groups in total. The minimum atomic E-state index is -0.182. The Balaban J connectivity index is 1.51. The van der Waals surface area contributed by atoms with Gasteiger partial charge in [0, 0.05) is 48.0 Å². The fraction of sp³-hybridized carbons (Fsp3) is 0.977. The maximum atomic E-state index is 12.8. The summed E-state index contributed by atoms with van der Waals surface area (Å²) in [7, 11) is 0. The predicted molar refractivity (Wildman–Crippen MR) is 215 cm³/mol. The maximum absolute atomic E-state index is 12.8. The van der Waals surface area contributed by atoms with E-state index in [1.165, 1.54) is 70.6 Å². The fourth-order valence-corrected chi connectivity index (χ4v) is 8.95. The Morgan fingerprint density at radius 3 is 1.31 bits per heavy atom. The maximum Gasteiger partial charge on any atom is 0.306 e. The molecular formula is C44H86N2O6. The van der Waals surface area contributed by atoms with Crippen LogP contribution in [-0.2, 0) is 28.7 Å². The normalized spacial score (nSPS) is 20.7. The van der Waals surface area contributed by atoms with Gasteiger partial charge in [-0.2, -0.15) is 10.1 Å². The van der Waals surface area contributed by atoms with Gasteiger partial charge < -0.3 is 14.2 Å². The average molecular weight is 739 g/mol. The van der Waals surface area contributed by atoms with Gasteiger partial charge in [0.1, 0.15) is 12.9 Å². The van der Waals surface area contributed by atoms with Gasteiger partial charge in [-0.3, -0.25) is 14.5 Å². The van der Waals surface area contributed by atoms with Gasteiger partial charge >= 0.3 is 5.97 Å². The monoisotopic (exact) mass is 739 g/mol. The lowest BCUT2D eigenvalue weighted by molar-refractivity contribution is -0.298. The van der Waals surface area contributed by atoms with Crippen LogP contribution in [0, 0.1) is 0 Å². The van der Waals surface area contributed by atoms with E-state index in [9.17, 15) is 4.79 Å². The van der Waals surface area contributed by atoms with Gasteiger partial charge in [0.2, 0.25) is 0 Å². The minimum absolute atomic E-state index is 0.0513. The highest BCUT2D eigenvalue weighted by atomic mass is 16.7. The number of carbonyl (C=O) groups excluding carboxylic acids is 1. The van der Waals surface area contributed by atoms with E-state index in [4.69, 9.17) is 23.9 Å². The largest absolute Gasteiger partial charge is 0.462 e. The Morgan fingerprint density at radius 2 is 0.865 bits per heavy atom. The number of ether oxygens (including phenoxy) is 3. The van der Waals surface area contributed by atoms with Crippen LogP contribution < -0.4 is 0 Å². The third kappa shape index (κ3) is 18.2. The molecule has 308 valence electrons. The van der Waals surface area contributed by atoms with Crippen LogP contribution in [0.2, 0.25) is 0 Å². The summed E-state index contributed by atoms with van der Waals surface area (Å²) in [5.74, 6) is -0.0513. The molecule has 2 saturated heterocycles. The van der Waals surface area contributed by atoms with Crippen molar-refractivity contribution in [3.63, 3.8) is 0 Å². The number of hydroxylamine groups is 4. The van der Waals surface area contributed by atoms with Crippen molar-refractivity contribution in [1.82, 2.24) is 10.1 Å². The number of unbranched alkanes of at least 4 members (excludes halogenated alkanes) is 15. The summed E-state index contributed by atoms with van der Waals surface area (Å²) in [6.45, 7) is 25.1. The van der Waals surface area contributed by atoms with Crippen molar-refractivity contribution in [2.45, 2.75) is 251 Å². The van der Waals surface area contributed by atoms with Crippen LogP contribution in [0.25, 0.3) is 0 Å². The number of piperidine rings is 2. The van der Waals surface area contributed by atoms with Gasteiger partial charge in [-0.15, -0.1) is 0 Å². The van der Waals surface area contributed by atoms with E-state index in [2.05, 4.69) is 79.4 Å². The summed E-state index contributed by atoms with van der Waals surface area (Å²) < 4.78 is 18.1. The lowest BCUT2D eigenvalue weighted by Gasteiger charge is -2.53. The second kappa shape index (κ2) is 24.7. The molecule has 0 aromatic carbocycles. The minimum Gasteiger partial charge on any atom is -0.462 e. The van der Waals surface area contributed by atoms with Crippen molar-refractivity contribution in [2.75, 3.05) is 26.6 Å². The predicted octanol–water partition coefficient (Wildman–Crippen LogP) is 11.9. The molecule has 0 saturated carbocycles. The molecule has 0 spiro atoms. The summed E-state index contributed by atoms with van der Waals surface area (Å²) in [6.07, 6.45) is 25.8. The topological polar surface area (TPSA) is 69.7 Å². The first-order valence-electron chi connectivity index (χ1n) is 21.9. The quantitative estimate of drug-likeness (QED) is 0.0427. The standard InChI is InChI=1S/C44H86N2O6/c1-11-13-15-17-23-27-31-50-45-41(3,4)33-38(34-42(45,5)6)49-37-48-30-26-22-20-19-21-25-29-40(47)52-39-35-43(7,8)46(44(9,10)36-39)51-32-28-24-18-16-14-12-2/h38-39H,11-37H2,1-10H3. The Morgan fingerprint density at radius 1 is 0.500 bits per heavy atom. The van der Waals surface area contributed by atoms with E-state index >= 15 is 0 Å². The number of rotatable bonds is 29. The smallest absolute Gasteiger partial charge is 0.306 e. The number of esters is 1. The molecule has 2 aliphatic heterocycles. The zero-order valence-corrected chi connectivity index (χ0v) is 36.1. The van der Waals surface area contributed by atoms with Crippen LogP contribution >= 0.6 is 0 Å². The number of nitrogens with zero attached hydrogens (tertiary/aromatic N) is 2. The van der Waals surface area contributed by atoms with Crippen molar-refractivity contribution in [1.29, 1.82) is 0 Å². The first-order valence-corrected chi connectivity index (χ1v) is 21.9. The Bertz CT molecular complexity index is 902. The van der Waals surface area contributed by atoms with Crippen LogP contribution in [0.3, 0.4) is 0 Å². The zero-order valence-electron chi connectivity index (χ0n) is 36.1. The molecule has 0 aliphatic carbocycles. The van der Waals surface area contributed by atoms with E-state index in [1.54, 1.807) is 0 Å². The van der Waals surface area contributed by atoms with E-state index in [-0.39, 0.29) is 40.3 Å². The van der Waals surface area contributed by atoms with E-state index in [1.807, 2.05) is 0 Å². The van der Waals surface area contributed by atoms with Crippen molar-refractivity contribution in [3.05, 3.63) is 0 Å². The van der Waals surface area contributed by atoms with Crippen LogP contribution in [0.4, 0.5) is 0 Å². The molecule has 0 radical (unpaired) electrons. The van der Waals surface area contributed by atoms with Crippen LogP contribution in [0.15, 0.2) is 0 Å². The van der Waals surface area contributed by atoms with Gasteiger partial charge in [0.25, 0.3) is 0 Å². The number of hydrogen-bond donors (Lipinski definition) is 0. The van der Waals surface area contributed by atoms with Crippen molar-refractivity contribution in [2.24, 2.45) is 0 Å². The molecular weight excluding hydrogens is 652 g/mol. The number of carbonyl (C=O) groups is 1. The highest BCUT2D eigenvalue weighted by Gasteiger charge is 2.48. The van der Waals surface area contributed by atoms with E-state index in [0.717, 1.165) is 90.4 Å². The molecule has 0 unspecified atom stereocenters. The lowest BCUT2D eigenvalue weighted by Crippen LogP contribution is -2.62. The third-order valence-corrected chi connectivity index (χ3v) is 11.1. The summed E-state index contributed by atoms with van der Waals surface area (Å²) in [5, 5.41) is 4.43. The molecule has 2 rings (SSSR count). The van der Waals surface area contributed by atoms with Gasteiger partial charge in [-0.05, 0) is 93.9 Å². The Hall–Kier alpha value is -0.770. The second-order valence-electron chi connectivity index (χ2n) is 18.7. The molecule has 0 bridgehead atoms. The molecule has 2 aliphatic rings. The summed E-state index contributed by atoms with van der Waals surface area (Å²) in [5.41, 5.74) is -0.533. The van der Waals surface area contributed by atoms with Crippen LogP contribution in [0.1, 0.15) is 217 Å². The highest BCUT2D eigenvalue weighted by Crippen LogP contribution is 2.41. The lowest BCUT2D eigenvalue weighted by atomic mass is 9.80. The molecule has 8 nitrogen and oxygen atoms in total. The second-order valence-corrected chi connectivity index (χ2v) is 18.7. The van der Waals surface area contributed by atoms with Gasteiger partial charge in [-0.1, -0.05) is 104 Å².